The number of hydrogen-bond donors (Lipinski definition) is 2. The van der Waals surface area contributed by atoms with Crippen molar-refractivity contribution in [3.8, 4) is 0 Å². The van der Waals surface area contributed by atoms with Gasteiger partial charge in [-0.2, -0.15) is 11.8 Å². The predicted molar refractivity (Wildman–Crippen MR) is 61.5 cm³/mol. The topological polar surface area (TPSA) is 24.1 Å². The van der Waals surface area contributed by atoms with Gasteiger partial charge in [0.2, 0.25) is 0 Å². The summed E-state index contributed by atoms with van der Waals surface area (Å²) in [5.41, 5.74) is 0. The predicted octanol–water partition coefficient (Wildman–Crippen LogP) is 1.33. The Bertz CT molecular complexity index is 113. The zero-order valence-corrected chi connectivity index (χ0v) is 9.46. The van der Waals surface area contributed by atoms with Crippen LogP contribution in [0.2, 0.25) is 0 Å². The van der Waals surface area contributed by atoms with Gasteiger partial charge in [0, 0.05) is 0 Å². The molecule has 0 radical (unpaired) electrons. The van der Waals surface area contributed by atoms with Gasteiger partial charge in [-0.05, 0) is 63.4 Å². The van der Waals surface area contributed by atoms with E-state index in [4.69, 9.17) is 0 Å². The first-order chi connectivity index (χ1) is 6.43. The van der Waals surface area contributed by atoms with Crippen LogP contribution in [0.25, 0.3) is 0 Å². The van der Waals surface area contributed by atoms with Crippen LogP contribution in [0.1, 0.15) is 19.3 Å². The number of thioether (sulfide) groups is 1. The molecule has 13 heavy (non-hydrogen) atoms. The zero-order valence-electron chi connectivity index (χ0n) is 8.64. The van der Waals surface area contributed by atoms with Crippen molar-refractivity contribution < 1.29 is 0 Å². The molecule has 0 amide bonds. The van der Waals surface area contributed by atoms with Gasteiger partial charge in [0.1, 0.15) is 0 Å². The van der Waals surface area contributed by atoms with E-state index in [0.717, 1.165) is 5.92 Å². The molecule has 78 valence electrons. The van der Waals surface area contributed by atoms with Gasteiger partial charge in [-0.25, -0.2) is 0 Å². The van der Waals surface area contributed by atoms with Crippen molar-refractivity contribution in [2.45, 2.75) is 19.3 Å². The molecule has 1 atom stereocenters. The van der Waals surface area contributed by atoms with E-state index in [-0.39, 0.29) is 0 Å². The summed E-state index contributed by atoms with van der Waals surface area (Å²) >= 11 is 1.94. The van der Waals surface area contributed by atoms with E-state index < -0.39 is 0 Å². The normalized spacial score (nSPS) is 23.3. The molecule has 0 spiro atoms. The highest BCUT2D eigenvalue weighted by Crippen LogP contribution is 2.07. The van der Waals surface area contributed by atoms with Gasteiger partial charge in [-0.3, -0.25) is 0 Å². The maximum Gasteiger partial charge on any atom is -0.000837 e. The average molecular weight is 202 g/mol. The first kappa shape index (κ1) is 11.3. The Labute approximate surface area is 86.2 Å². The van der Waals surface area contributed by atoms with Crippen LogP contribution in [-0.2, 0) is 0 Å². The molecule has 0 aliphatic carbocycles. The summed E-state index contributed by atoms with van der Waals surface area (Å²) < 4.78 is 0. The SMILES string of the molecule is CSCCCNCC1CCCNC1. The minimum Gasteiger partial charge on any atom is -0.316 e. The molecular weight excluding hydrogens is 180 g/mol. The molecule has 0 bridgehead atoms. The fourth-order valence-electron chi connectivity index (χ4n) is 1.75. The van der Waals surface area contributed by atoms with E-state index in [2.05, 4.69) is 16.9 Å². The summed E-state index contributed by atoms with van der Waals surface area (Å²) in [4.78, 5) is 0. The van der Waals surface area contributed by atoms with Crippen molar-refractivity contribution in [3.05, 3.63) is 0 Å². The molecule has 0 saturated carbocycles. The lowest BCUT2D eigenvalue weighted by molar-refractivity contribution is 0.361. The second-order valence-electron chi connectivity index (χ2n) is 3.76. The Kier molecular flexibility index (Phi) is 6.68. The van der Waals surface area contributed by atoms with Gasteiger partial charge in [0.25, 0.3) is 0 Å². The fourth-order valence-corrected chi connectivity index (χ4v) is 2.18. The van der Waals surface area contributed by atoms with Crippen LogP contribution in [0.15, 0.2) is 0 Å². The van der Waals surface area contributed by atoms with Gasteiger partial charge in [-0.15, -0.1) is 0 Å². The van der Waals surface area contributed by atoms with E-state index in [1.165, 1.54) is 51.2 Å². The van der Waals surface area contributed by atoms with Crippen molar-refractivity contribution in [1.29, 1.82) is 0 Å². The van der Waals surface area contributed by atoms with Crippen molar-refractivity contribution >= 4 is 11.8 Å². The largest absolute Gasteiger partial charge is 0.316 e. The van der Waals surface area contributed by atoms with Crippen molar-refractivity contribution in [2.75, 3.05) is 38.2 Å². The Morgan fingerprint density at radius 1 is 1.54 bits per heavy atom. The summed E-state index contributed by atoms with van der Waals surface area (Å²) in [5, 5.41) is 6.98. The summed E-state index contributed by atoms with van der Waals surface area (Å²) in [7, 11) is 0. The number of rotatable bonds is 6. The van der Waals surface area contributed by atoms with Crippen LogP contribution < -0.4 is 10.6 Å². The molecule has 1 unspecified atom stereocenters. The Morgan fingerprint density at radius 2 is 2.46 bits per heavy atom. The standard InChI is InChI=1S/C10H22N2S/c1-13-7-3-6-12-9-10-4-2-5-11-8-10/h10-12H,2-9H2,1H3. The van der Waals surface area contributed by atoms with Crippen molar-refractivity contribution in [1.82, 2.24) is 10.6 Å². The second-order valence-corrected chi connectivity index (χ2v) is 4.75. The van der Waals surface area contributed by atoms with Gasteiger partial charge >= 0.3 is 0 Å². The molecule has 1 aliphatic heterocycles. The molecule has 0 aromatic carbocycles. The highest BCUT2D eigenvalue weighted by molar-refractivity contribution is 7.98. The molecular formula is C10H22N2S. The number of hydrogen-bond acceptors (Lipinski definition) is 3. The van der Waals surface area contributed by atoms with Crippen LogP contribution in [0.5, 0.6) is 0 Å². The summed E-state index contributed by atoms with van der Waals surface area (Å²) in [6.45, 7) is 4.84. The van der Waals surface area contributed by atoms with Gasteiger partial charge in [0.05, 0.1) is 0 Å². The van der Waals surface area contributed by atoms with E-state index in [1.54, 1.807) is 0 Å². The monoisotopic (exact) mass is 202 g/mol. The number of nitrogens with one attached hydrogen (secondary N) is 2. The van der Waals surface area contributed by atoms with Crippen molar-refractivity contribution in [3.63, 3.8) is 0 Å². The smallest absolute Gasteiger partial charge is 0.000837 e. The summed E-state index contributed by atoms with van der Waals surface area (Å²) in [5.74, 6) is 2.17. The second kappa shape index (κ2) is 7.65. The minimum absolute atomic E-state index is 0.878. The third-order valence-corrected chi connectivity index (χ3v) is 3.23. The van der Waals surface area contributed by atoms with E-state index >= 15 is 0 Å². The van der Waals surface area contributed by atoms with Crippen LogP contribution in [0.3, 0.4) is 0 Å². The maximum absolute atomic E-state index is 3.54. The number of piperidine rings is 1. The first-order valence-corrected chi connectivity index (χ1v) is 6.73. The minimum atomic E-state index is 0.878. The Hall–Kier alpha value is 0.270. The van der Waals surface area contributed by atoms with Gasteiger partial charge in [0.15, 0.2) is 0 Å². The highest BCUT2D eigenvalue weighted by atomic mass is 32.2. The van der Waals surface area contributed by atoms with E-state index in [0.29, 0.717) is 0 Å². The molecule has 1 rings (SSSR count). The molecule has 2 N–H and O–H groups in total. The summed E-state index contributed by atoms with van der Waals surface area (Å²) in [6.07, 6.45) is 6.24. The zero-order chi connectivity index (χ0) is 9.36. The first-order valence-electron chi connectivity index (χ1n) is 5.34. The fraction of sp³-hybridized carbons (Fsp3) is 1.00. The molecule has 1 fully saturated rings. The van der Waals surface area contributed by atoms with Crippen LogP contribution >= 0.6 is 11.8 Å². The van der Waals surface area contributed by atoms with Crippen molar-refractivity contribution in [2.24, 2.45) is 5.92 Å². The molecule has 1 saturated heterocycles. The summed E-state index contributed by atoms with van der Waals surface area (Å²) in [6, 6.07) is 0. The van der Waals surface area contributed by atoms with Gasteiger partial charge in [-0.1, -0.05) is 0 Å². The van der Waals surface area contributed by atoms with Crippen LogP contribution in [0, 0.1) is 5.92 Å². The quantitative estimate of drug-likeness (QED) is 0.635. The van der Waals surface area contributed by atoms with E-state index in [1.807, 2.05) is 11.8 Å². The molecule has 1 aliphatic rings. The van der Waals surface area contributed by atoms with Crippen LogP contribution in [0.4, 0.5) is 0 Å². The molecule has 0 aromatic heterocycles. The lowest BCUT2D eigenvalue weighted by Crippen LogP contribution is -2.36. The lowest BCUT2D eigenvalue weighted by Gasteiger charge is -2.22. The average Bonchev–Trinajstić information content (AvgIpc) is 2.19. The lowest BCUT2D eigenvalue weighted by atomic mass is 10.00. The van der Waals surface area contributed by atoms with E-state index in [9.17, 15) is 0 Å². The molecule has 1 heterocycles. The third-order valence-electron chi connectivity index (χ3n) is 2.53. The third kappa shape index (κ3) is 5.55. The molecule has 3 heteroatoms. The highest BCUT2D eigenvalue weighted by Gasteiger charge is 2.11. The maximum atomic E-state index is 3.54. The Balaban J connectivity index is 1.86. The molecule has 0 aromatic rings. The molecule has 2 nitrogen and oxygen atoms in total. The Morgan fingerprint density at radius 3 is 3.15 bits per heavy atom. The van der Waals surface area contributed by atoms with Gasteiger partial charge < -0.3 is 10.6 Å². The van der Waals surface area contributed by atoms with Crippen LogP contribution in [-0.4, -0.2) is 38.2 Å².